The summed E-state index contributed by atoms with van der Waals surface area (Å²) in [6.45, 7) is 5.69. The summed E-state index contributed by atoms with van der Waals surface area (Å²) in [5.74, 6) is -0.423. The molecule has 0 bridgehead atoms. The average molecular weight is 244 g/mol. The van der Waals surface area contributed by atoms with E-state index in [2.05, 4.69) is 11.9 Å². The van der Waals surface area contributed by atoms with E-state index in [1.165, 1.54) is 10.9 Å². The molecule has 1 atom stereocenters. The minimum atomic E-state index is -0.260. The van der Waals surface area contributed by atoms with Crippen LogP contribution in [0.25, 0.3) is 0 Å². The normalized spacial score (nSPS) is 22.9. The van der Waals surface area contributed by atoms with Gasteiger partial charge in [0.1, 0.15) is 0 Å². The van der Waals surface area contributed by atoms with Gasteiger partial charge in [0.25, 0.3) is 0 Å². The van der Waals surface area contributed by atoms with Crippen LogP contribution in [0.1, 0.15) is 19.8 Å². The number of nitrogens with zero attached hydrogens (tertiary/aromatic N) is 1. The summed E-state index contributed by atoms with van der Waals surface area (Å²) in [5.41, 5.74) is 0.759. The first kappa shape index (κ1) is 14.3. The molecule has 1 heterocycles. The number of carbonyl (C=O) groups is 2. The van der Waals surface area contributed by atoms with Crippen molar-refractivity contribution in [3.05, 3.63) is 36.6 Å². The maximum absolute atomic E-state index is 11.6. The highest BCUT2D eigenvalue weighted by molar-refractivity contribution is 6.14. The first-order valence-corrected chi connectivity index (χ1v) is 5.88. The Labute approximate surface area is 109 Å². The van der Waals surface area contributed by atoms with Gasteiger partial charge in [0.2, 0.25) is 19.8 Å². The van der Waals surface area contributed by atoms with E-state index in [9.17, 15) is 9.59 Å². The predicted octanol–water partition coefficient (Wildman–Crippen LogP) is 1.07. The summed E-state index contributed by atoms with van der Waals surface area (Å²) in [7, 11) is 5.67. The second kappa shape index (κ2) is 6.84. The summed E-state index contributed by atoms with van der Waals surface area (Å²) in [4.78, 5) is 24.1. The van der Waals surface area contributed by atoms with Crippen molar-refractivity contribution >= 4 is 19.8 Å². The van der Waals surface area contributed by atoms with Gasteiger partial charge >= 0.3 is 0 Å². The second-order valence-electron chi connectivity index (χ2n) is 4.21. The maximum atomic E-state index is 11.6. The van der Waals surface area contributed by atoms with Gasteiger partial charge in [-0.05, 0) is 12.5 Å². The van der Waals surface area contributed by atoms with Gasteiger partial charge in [-0.2, -0.15) is 0 Å². The highest BCUT2D eigenvalue weighted by Crippen LogP contribution is 2.12. The molecule has 2 radical (unpaired) electrons. The Balaban J connectivity index is 2.84. The van der Waals surface area contributed by atoms with E-state index in [1.807, 2.05) is 19.1 Å². The monoisotopic (exact) mass is 244 g/mol. The van der Waals surface area contributed by atoms with Crippen molar-refractivity contribution in [3.63, 3.8) is 0 Å². The van der Waals surface area contributed by atoms with Crippen molar-refractivity contribution in [3.8, 4) is 0 Å². The number of amides is 2. The Kier molecular flexibility index (Phi) is 5.43. The lowest BCUT2D eigenvalue weighted by Gasteiger charge is -2.24. The standard InChI is InChI=1S/C13H17BN2O2/c1-3-12(17)15-11-7-5-4-6-8-13(18)16(14)9-10(11)2/h3-4,6-7,10H,1,5,8-9H2,2H3,(H,15,17)/b6-4-,11-7?. The molecule has 0 aromatic carbocycles. The zero-order valence-corrected chi connectivity index (χ0v) is 10.6. The average Bonchev–Trinajstić information content (AvgIpc) is 2.35. The van der Waals surface area contributed by atoms with Crippen molar-refractivity contribution in [1.29, 1.82) is 0 Å². The summed E-state index contributed by atoms with van der Waals surface area (Å²) in [6.07, 6.45) is 7.78. The molecular formula is C13H17BN2O2. The molecule has 1 aliphatic rings. The van der Waals surface area contributed by atoms with E-state index in [-0.39, 0.29) is 17.7 Å². The molecule has 2 amide bonds. The van der Waals surface area contributed by atoms with Crippen LogP contribution in [-0.2, 0) is 9.59 Å². The molecule has 0 aliphatic carbocycles. The molecule has 0 fully saturated rings. The van der Waals surface area contributed by atoms with E-state index in [1.54, 1.807) is 6.08 Å². The van der Waals surface area contributed by atoms with Gasteiger partial charge in [-0.3, -0.25) is 9.59 Å². The number of hydrogen-bond acceptors (Lipinski definition) is 2. The SMILES string of the molecule is [B]N1CC(C)C(NC(=O)C=C)=CC/C=C\CC1=O. The number of nitrogens with one attached hydrogen (secondary N) is 1. The van der Waals surface area contributed by atoms with Crippen LogP contribution in [0.3, 0.4) is 0 Å². The van der Waals surface area contributed by atoms with Crippen LogP contribution in [0.2, 0.25) is 0 Å². The molecule has 0 saturated carbocycles. The second-order valence-corrected chi connectivity index (χ2v) is 4.21. The van der Waals surface area contributed by atoms with Gasteiger partial charge in [0.05, 0.1) is 0 Å². The van der Waals surface area contributed by atoms with Crippen molar-refractivity contribution in [2.24, 2.45) is 5.92 Å². The van der Waals surface area contributed by atoms with Gasteiger partial charge in [-0.25, -0.2) is 0 Å². The van der Waals surface area contributed by atoms with E-state index >= 15 is 0 Å². The lowest BCUT2D eigenvalue weighted by molar-refractivity contribution is -0.126. The van der Waals surface area contributed by atoms with Crippen molar-refractivity contribution in [1.82, 2.24) is 10.1 Å². The maximum Gasteiger partial charge on any atom is 0.247 e. The zero-order valence-electron chi connectivity index (χ0n) is 10.6. The molecule has 1 unspecified atom stereocenters. The van der Waals surface area contributed by atoms with Crippen molar-refractivity contribution in [2.75, 3.05) is 6.54 Å². The Hall–Kier alpha value is -1.78. The summed E-state index contributed by atoms with van der Waals surface area (Å²) in [5, 5.41) is 2.75. The summed E-state index contributed by atoms with van der Waals surface area (Å²) >= 11 is 0. The van der Waals surface area contributed by atoms with Crippen LogP contribution in [-0.4, -0.2) is 31.2 Å². The lowest BCUT2D eigenvalue weighted by Crippen LogP contribution is -2.36. The molecule has 0 aromatic rings. The third kappa shape index (κ3) is 4.24. The molecule has 4 nitrogen and oxygen atoms in total. The molecule has 0 aromatic heterocycles. The van der Waals surface area contributed by atoms with Crippen molar-refractivity contribution in [2.45, 2.75) is 19.8 Å². The predicted molar refractivity (Wildman–Crippen MR) is 71.4 cm³/mol. The van der Waals surface area contributed by atoms with Gasteiger partial charge in [-0.1, -0.05) is 31.7 Å². The van der Waals surface area contributed by atoms with Crippen LogP contribution in [0.15, 0.2) is 36.6 Å². The van der Waals surface area contributed by atoms with Gasteiger partial charge in [0.15, 0.2) is 0 Å². The smallest absolute Gasteiger partial charge is 0.247 e. The van der Waals surface area contributed by atoms with E-state index in [4.69, 9.17) is 7.98 Å². The molecule has 18 heavy (non-hydrogen) atoms. The van der Waals surface area contributed by atoms with E-state index in [0.29, 0.717) is 19.4 Å². The zero-order chi connectivity index (χ0) is 13.5. The van der Waals surface area contributed by atoms with Crippen LogP contribution in [0.4, 0.5) is 0 Å². The van der Waals surface area contributed by atoms with Gasteiger partial charge in [0, 0.05) is 24.6 Å². The van der Waals surface area contributed by atoms with Gasteiger partial charge in [-0.15, -0.1) is 0 Å². The first-order chi connectivity index (χ1) is 8.54. The number of allylic oxidation sites excluding steroid dienone is 2. The van der Waals surface area contributed by atoms with Crippen LogP contribution in [0, 0.1) is 5.92 Å². The Bertz CT molecular complexity index is 402. The topological polar surface area (TPSA) is 49.4 Å². The molecule has 1 rings (SSSR count). The molecule has 1 N–H and O–H groups in total. The quantitative estimate of drug-likeness (QED) is 0.448. The molecule has 94 valence electrons. The minimum Gasteiger partial charge on any atom is -0.396 e. The summed E-state index contributed by atoms with van der Waals surface area (Å²) in [6, 6.07) is 0. The molecule has 5 heteroatoms. The fourth-order valence-corrected chi connectivity index (χ4v) is 1.66. The molecule has 0 spiro atoms. The molecule has 0 saturated heterocycles. The summed E-state index contributed by atoms with van der Waals surface area (Å²) < 4.78 is 0. The van der Waals surface area contributed by atoms with Crippen LogP contribution >= 0.6 is 0 Å². The van der Waals surface area contributed by atoms with Crippen LogP contribution in [0.5, 0.6) is 0 Å². The van der Waals surface area contributed by atoms with Gasteiger partial charge < -0.3 is 10.1 Å². The number of hydrogen-bond donors (Lipinski definition) is 1. The third-order valence-electron chi connectivity index (χ3n) is 2.71. The largest absolute Gasteiger partial charge is 0.396 e. The lowest BCUT2D eigenvalue weighted by atomic mass is 10.0. The Morgan fingerprint density at radius 3 is 3.00 bits per heavy atom. The first-order valence-electron chi connectivity index (χ1n) is 5.88. The minimum absolute atomic E-state index is 0.0330. The third-order valence-corrected chi connectivity index (χ3v) is 2.71. The van der Waals surface area contributed by atoms with Crippen molar-refractivity contribution < 1.29 is 9.59 Å². The molecule has 1 aliphatic heterocycles. The fraction of sp³-hybridized carbons (Fsp3) is 0.385. The van der Waals surface area contributed by atoms with Crippen LogP contribution < -0.4 is 5.32 Å². The van der Waals surface area contributed by atoms with E-state index < -0.39 is 0 Å². The van der Waals surface area contributed by atoms with E-state index in [0.717, 1.165) is 5.70 Å². The highest BCUT2D eigenvalue weighted by atomic mass is 16.2. The number of rotatable bonds is 2. The Morgan fingerprint density at radius 2 is 2.33 bits per heavy atom. The fourth-order valence-electron chi connectivity index (χ4n) is 1.66. The highest BCUT2D eigenvalue weighted by Gasteiger charge is 2.16. The number of carbonyl (C=O) groups excluding carboxylic acids is 2. The Morgan fingerprint density at radius 1 is 1.61 bits per heavy atom. The molecular weight excluding hydrogens is 227 g/mol.